The molecule has 16 aromatic carbocycles. The Balaban J connectivity index is 0.625. The minimum Gasteiger partial charge on any atom is -0.455 e. The van der Waals surface area contributed by atoms with Crippen LogP contribution in [0.5, 0.6) is 0 Å². The topological polar surface area (TPSA) is 46.0 Å². The number of aromatic nitrogens is 4. The zero-order valence-corrected chi connectivity index (χ0v) is 56.2. The van der Waals surface area contributed by atoms with E-state index >= 15 is 0 Å². The van der Waals surface area contributed by atoms with Gasteiger partial charge < -0.3 is 27.1 Å². The van der Waals surface area contributed by atoms with Crippen LogP contribution in [-0.4, -0.2) is 18.3 Å². The Kier molecular flexibility index (Phi) is 11.8. The molecule has 0 bridgehead atoms. The van der Waals surface area contributed by atoms with Crippen LogP contribution in [0, 0.1) is 0 Å². The molecule has 0 aliphatic heterocycles. The number of hydrogen-bond acceptors (Lipinski definition) is 3. The lowest BCUT2D eigenvalue weighted by Crippen LogP contribution is -1.96. The second kappa shape index (κ2) is 21.5. The highest BCUT2D eigenvalue weighted by Crippen LogP contribution is 2.49. The lowest BCUT2D eigenvalue weighted by atomic mass is 9.90. The van der Waals surface area contributed by atoms with Gasteiger partial charge in [-0.05, 0) is 155 Å². The van der Waals surface area contributed by atoms with E-state index in [0.717, 1.165) is 105 Å². The Morgan fingerprint density at radius 2 is 0.583 bits per heavy atom. The van der Waals surface area contributed by atoms with Gasteiger partial charge in [0.15, 0.2) is 0 Å². The van der Waals surface area contributed by atoms with E-state index in [9.17, 15) is 0 Å². The quantitative estimate of drug-likeness (QED) is 0.152. The first-order chi connectivity index (χ1) is 51.1. The minimum atomic E-state index is 0.830. The molecular formula is C96H56N4O2S. The molecular weight excluding hydrogens is 1270 g/mol. The van der Waals surface area contributed by atoms with Crippen LogP contribution in [0.2, 0.25) is 0 Å². The second-order valence-electron chi connectivity index (χ2n) is 27.4. The molecule has 7 aromatic heterocycles. The molecule has 7 heteroatoms. The number of para-hydroxylation sites is 8. The van der Waals surface area contributed by atoms with Crippen LogP contribution in [0.25, 0.3) is 219 Å². The average molecular weight is 1330 g/mol. The molecule has 0 saturated carbocycles. The van der Waals surface area contributed by atoms with E-state index in [4.69, 9.17) is 8.83 Å². The van der Waals surface area contributed by atoms with E-state index in [1.807, 2.05) is 11.3 Å². The van der Waals surface area contributed by atoms with Crippen LogP contribution in [0.15, 0.2) is 349 Å². The van der Waals surface area contributed by atoms with E-state index in [1.165, 1.54) is 113 Å². The van der Waals surface area contributed by atoms with Gasteiger partial charge in [0.1, 0.15) is 22.3 Å². The summed E-state index contributed by atoms with van der Waals surface area (Å²) in [5, 5.41) is 16.6. The van der Waals surface area contributed by atoms with Crippen LogP contribution in [-0.2, 0) is 0 Å². The van der Waals surface area contributed by atoms with Crippen molar-refractivity contribution < 1.29 is 8.83 Å². The van der Waals surface area contributed by atoms with Gasteiger partial charge in [0.25, 0.3) is 0 Å². The van der Waals surface area contributed by atoms with Crippen molar-refractivity contribution in [1.29, 1.82) is 0 Å². The third kappa shape index (κ3) is 8.19. The fourth-order valence-electron chi connectivity index (χ4n) is 17.5. The molecule has 0 aliphatic carbocycles. The van der Waals surface area contributed by atoms with E-state index < -0.39 is 0 Å². The molecule has 103 heavy (non-hydrogen) atoms. The Hall–Kier alpha value is -13.5. The largest absolute Gasteiger partial charge is 0.455 e. The van der Waals surface area contributed by atoms with Crippen molar-refractivity contribution in [2.45, 2.75) is 0 Å². The average Bonchev–Trinajstić information content (AvgIpc) is 1.08. The third-order valence-corrected chi connectivity index (χ3v) is 23.2. The van der Waals surface area contributed by atoms with Gasteiger partial charge in [-0.3, -0.25) is 0 Å². The fourth-order valence-corrected chi connectivity index (χ4v) is 18.7. The molecule has 6 nitrogen and oxygen atoms in total. The van der Waals surface area contributed by atoms with Crippen LogP contribution in [0.1, 0.15) is 0 Å². The predicted octanol–water partition coefficient (Wildman–Crippen LogP) is 26.9. The van der Waals surface area contributed by atoms with Crippen molar-refractivity contribution in [3.8, 4) is 67.3 Å². The summed E-state index contributed by atoms with van der Waals surface area (Å²) in [6.07, 6.45) is 0. The monoisotopic (exact) mass is 1330 g/mol. The Morgan fingerprint density at radius 1 is 0.204 bits per heavy atom. The maximum atomic E-state index is 6.98. The number of benzene rings is 16. The summed E-state index contributed by atoms with van der Waals surface area (Å²) >= 11 is 1.89. The molecule has 23 rings (SSSR count). The summed E-state index contributed by atoms with van der Waals surface area (Å²) in [5.41, 5.74) is 26.2. The van der Waals surface area contributed by atoms with Gasteiger partial charge in [0, 0.05) is 124 Å². The summed E-state index contributed by atoms with van der Waals surface area (Å²) in [6, 6.07) is 125. The molecule has 0 saturated heterocycles. The van der Waals surface area contributed by atoms with E-state index in [1.54, 1.807) is 0 Å². The molecule has 0 radical (unpaired) electrons. The predicted molar refractivity (Wildman–Crippen MR) is 433 cm³/mol. The maximum absolute atomic E-state index is 6.98. The lowest BCUT2D eigenvalue weighted by Gasteiger charge is -2.15. The first-order valence-electron chi connectivity index (χ1n) is 35.2. The molecule has 7 heterocycles. The SMILES string of the molecule is c1cc(-c2cccc(-n3c4ccccc4c4cc(-n5c6ccccc6c6ccccc65)ccc43)c2)cc(-c2c(-c3ccc4c(c3)c3ccccc3n4-c3ccc4oc5c(-c6cccc7c6oc6ccc(-n8c9ccccc9c9ccccc98)cc67)cccc5c4c3)ccc3c2sc2ccccc23)c1. The van der Waals surface area contributed by atoms with E-state index in [2.05, 4.69) is 358 Å². The summed E-state index contributed by atoms with van der Waals surface area (Å²) in [4.78, 5) is 0. The number of furan rings is 2. The number of rotatable bonds is 8. The Labute approximate surface area is 592 Å². The highest BCUT2D eigenvalue weighted by molar-refractivity contribution is 7.26. The van der Waals surface area contributed by atoms with Crippen LogP contribution >= 0.6 is 11.3 Å². The Bertz CT molecular complexity index is 7480. The summed E-state index contributed by atoms with van der Waals surface area (Å²) in [5.74, 6) is 0. The zero-order chi connectivity index (χ0) is 67.1. The van der Waals surface area contributed by atoms with E-state index in [0.29, 0.717) is 0 Å². The third-order valence-electron chi connectivity index (χ3n) is 22.0. The molecule has 23 aromatic rings. The van der Waals surface area contributed by atoms with Crippen molar-refractivity contribution in [3.05, 3.63) is 340 Å². The normalized spacial score (nSPS) is 12.3. The molecule has 0 unspecified atom stereocenters. The van der Waals surface area contributed by atoms with Gasteiger partial charge in [-0.15, -0.1) is 11.3 Å². The highest BCUT2D eigenvalue weighted by atomic mass is 32.1. The van der Waals surface area contributed by atoms with Gasteiger partial charge in [-0.1, -0.05) is 212 Å². The van der Waals surface area contributed by atoms with Crippen molar-refractivity contribution in [1.82, 2.24) is 18.3 Å². The summed E-state index contributed by atoms with van der Waals surface area (Å²) in [7, 11) is 0. The van der Waals surface area contributed by atoms with Gasteiger partial charge >= 0.3 is 0 Å². The van der Waals surface area contributed by atoms with Crippen LogP contribution in [0.3, 0.4) is 0 Å². The first-order valence-corrected chi connectivity index (χ1v) is 36.0. The number of thiophene rings is 1. The maximum Gasteiger partial charge on any atom is 0.143 e. The number of hydrogen-bond donors (Lipinski definition) is 0. The second-order valence-corrected chi connectivity index (χ2v) is 28.5. The van der Waals surface area contributed by atoms with Crippen molar-refractivity contribution in [2.75, 3.05) is 0 Å². The molecule has 478 valence electrons. The summed E-state index contributed by atoms with van der Waals surface area (Å²) in [6.45, 7) is 0. The molecule has 0 N–H and O–H groups in total. The standard InChI is InChI=1S/C96H56N4O2S/c1-8-34-82-66(23-1)67-24-2-9-35-83(67)98(82)62-42-48-89-79(54-62)71-28-6-13-39-87(71)97(89)61-22-16-20-58(52-61)57-19-15-21-60(51-57)93-65(45-46-77-72-29-7-14-40-92(72)103-96(77)93)59-41-47-88-78(53-59)70-27-5-12-38-86(70)100(88)64-44-50-91-81(56-64)76-33-18-31-74(95(76)102-91)73-30-17-32-75-80-55-63(43-49-90(80)101-94(73)75)99-84-36-10-3-25-68(84)69-26-4-11-37-85(69)99/h1-56H. The van der Waals surface area contributed by atoms with Gasteiger partial charge in [-0.2, -0.15) is 0 Å². The smallest absolute Gasteiger partial charge is 0.143 e. The fraction of sp³-hybridized carbons (Fsp3) is 0. The summed E-state index contributed by atoms with van der Waals surface area (Å²) < 4.78 is 26.1. The van der Waals surface area contributed by atoms with Gasteiger partial charge in [-0.25, -0.2) is 0 Å². The zero-order valence-electron chi connectivity index (χ0n) is 55.3. The highest BCUT2D eigenvalue weighted by Gasteiger charge is 2.24. The lowest BCUT2D eigenvalue weighted by molar-refractivity contribution is 0.665. The molecule has 0 spiro atoms. The molecule has 0 atom stereocenters. The Morgan fingerprint density at radius 3 is 1.11 bits per heavy atom. The van der Waals surface area contributed by atoms with Crippen LogP contribution in [0.4, 0.5) is 0 Å². The minimum absolute atomic E-state index is 0.830. The number of nitrogens with zero attached hydrogens (tertiary/aromatic N) is 4. The van der Waals surface area contributed by atoms with Gasteiger partial charge in [0.05, 0.1) is 44.1 Å². The van der Waals surface area contributed by atoms with Gasteiger partial charge in [0.2, 0.25) is 0 Å². The molecule has 0 aliphatic rings. The van der Waals surface area contributed by atoms with Crippen molar-refractivity contribution in [2.24, 2.45) is 0 Å². The first kappa shape index (κ1) is 56.4. The number of fused-ring (bicyclic) bond motifs is 21. The van der Waals surface area contributed by atoms with Crippen molar-refractivity contribution in [3.63, 3.8) is 0 Å². The molecule has 0 amide bonds. The molecule has 0 fully saturated rings. The van der Waals surface area contributed by atoms with Crippen molar-refractivity contribution >= 4 is 163 Å². The van der Waals surface area contributed by atoms with Crippen LogP contribution < -0.4 is 0 Å². The van der Waals surface area contributed by atoms with E-state index in [-0.39, 0.29) is 0 Å².